The van der Waals surface area contributed by atoms with Crippen molar-refractivity contribution in [1.82, 2.24) is 10.2 Å². The van der Waals surface area contributed by atoms with Gasteiger partial charge in [0.05, 0.1) is 0 Å². The molecule has 0 saturated heterocycles. The van der Waals surface area contributed by atoms with Crippen LogP contribution in [0.5, 0.6) is 0 Å². The molecule has 0 N–H and O–H groups in total. The van der Waals surface area contributed by atoms with Crippen LogP contribution in [-0.2, 0) is 5.41 Å². The molecule has 0 bridgehead atoms. The average molecular weight is 383 g/mol. The minimum Gasteiger partial charge on any atom is -0.416 e. The number of nitrogens with zero attached hydrogens (tertiary/aromatic N) is 2. The number of hydrogen-bond donors (Lipinski definition) is 0. The lowest BCUT2D eigenvalue weighted by molar-refractivity contribution is 0.582. The molecule has 0 atom stereocenters. The number of rotatable bonds is 3. The Morgan fingerprint density at radius 1 is 0.655 bits per heavy atom. The third-order valence-electron chi connectivity index (χ3n) is 5.26. The van der Waals surface area contributed by atoms with E-state index in [2.05, 4.69) is 87.3 Å². The molecule has 0 unspecified atom stereocenters. The summed E-state index contributed by atoms with van der Waals surface area (Å²) in [5.74, 6) is 1.08. The van der Waals surface area contributed by atoms with Crippen LogP contribution in [-0.4, -0.2) is 10.2 Å². The molecule has 4 aromatic rings. The standard InChI is InChI=1S/C26H26N2O/c1-17-6-7-18(2)23(16-17)19-8-10-20(11-9-19)24-27-28-25(29-24)21-12-14-22(15-13-21)26(3,4)5/h6-16H,1-5H3. The summed E-state index contributed by atoms with van der Waals surface area (Å²) < 4.78 is 5.95. The van der Waals surface area contributed by atoms with E-state index in [9.17, 15) is 0 Å². The van der Waals surface area contributed by atoms with Gasteiger partial charge in [0.15, 0.2) is 0 Å². The van der Waals surface area contributed by atoms with Crippen LogP contribution in [0.4, 0.5) is 0 Å². The maximum absolute atomic E-state index is 5.95. The minimum atomic E-state index is 0.121. The van der Waals surface area contributed by atoms with E-state index in [4.69, 9.17) is 4.42 Å². The normalized spacial score (nSPS) is 11.6. The average Bonchev–Trinajstić information content (AvgIpc) is 3.20. The Balaban J connectivity index is 1.59. The molecule has 0 spiro atoms. The fourth-order valence-electron chi connectivity index (χ4n) is 3.41. The first kappa shape index (κ1) is 19.1. The fraction of sp³-hybridized carbons (Fsp3) is 0.231. The van der Waals surface area contributed by atoms with E-state index in [0.717, 1.165) is 11.1 Å². The predicted molar refractivity (Wildman–Crippen MR) is 119 cm³/mol. The highest BCUT2D eigenvalue weighted by molar-refractivity contribution is 5.70. The molecule has 3 heteroatoms. The summed E-state index contributed by atoms with van der Waals surface area (Å²) in [6.07, 6.45) is 0. The van der Waals surface area contributed by atoms with E-state index in [0.29, 0.717) is 11.8 Å². The summed E-state index contributed by atoms with van der Waals surface area (Å²) in [6, 6.07) is 23.1. The Hall–Kier alpha value is -3.20. The summed E-state index contributed by atoms with van der Waals surface area (Å²) in [5, 5.41) is 8.50. The molecule has 4 rings (SSSR count). The van der Waals surface area contributed by atoms with E-state index in [1.54, 1.807) is 0 Å². The first-order chi connectivity index (χ1) is 13.8. The van der Waals surface area contributed by atoms with Crippen LogP contribution in [0.1, 0.15) is 37.5 Å². The largest absolute Gasteiger partial charge is 0.416 e. The Morgan fingerprint density at radius 2 is 1.17 bits per heavy atom. The fourth-order valence-corrected chi connectivity index (χ4v) is 3.41. The zero-order valence-electron chi connectivity index (χ0n) is 17.7. The zero-order valence-corrected chi connectivity index (χ0v) is 17.7. The van der Waals surface area contributed by atoms with Gasteiger partial charge in [0.2, 0.25) is 11.8 Å². The van der Waals surface area contributed by atoms with Crippen LogP contribution in [0.15, 0.2) is 71.1 Å². The van der Waals surface area contributed by atoms with Crippen LogP contribution >= 0.6 is 0 Å². The van der Waals surface area contributed by atoms with Gasteiger partial charge in [0.1, 0.15) is 0 Å². The van der Waals surface area contributed by atoms with E-state index < -0.39 is 0 Å². The molecular weight excluding hydrogens is 356 g/mol. The Bertz CT molecular complexity index is 1130. The van der Waals surface area contributed by atoms with E-state index in [1.165, 1.54) is 27.8 Å². The van der Waals surface area contributed by atoms with Crippen LogP contribution in [0.25, 0.3) is 34.0 Å². The van der Waals surface area contributed by atoms with Crippen LogP contribution < -0.4 is 0 Å². The van der Waals surface area contributed by atoms with Crippen molar-refractivity contribution < 1.29 is 4.42 Å². The van der Waals surface area contributed by atoms with E-state index in [-0.39, 0.29) is 5.41 Å². The van der Waals surface area contributed by atoms with Crippen LogP contribution in [0, 0.1) is 13.8 Å². The number of benzene rings is 3. The summed E-state index contributed by atoms with van der Waals surface area (Å²) in [7, 11) is 0. The van der Waals surface area contributed by atoms with Crippen molar-refractivity contribution in [2.45, 2.75) is 40.0 Å². The van der Waals surface area contributed by atoms with Crippen LogP contribution in [0.2, 0.25) is 0 Å². The van der Waals surface area contributed by atoms with Gasteiger partial charge in [-0.25, -0.2) is 0 Å². The molecule has 0 aliphatic heterocycles. The van der Waals surface area contributed by atoms with E-state index >= 15 is 0 Å². The van der Waals surface area contributed by atoms with Crippen LogP contribution in [0.3, 0.4) is 0 Å². The van der Waals surface area contributed by atoms with Gasteiger partial charge in [-0.15, -0.1) is 10.2 Å². The molecule has 0 aliphatic rings. The second kappa shape index (κ2) is 7.32. The number of aromatic nitrogens is 2. The van der Waals surface area contributed by atoms with Gasteiger partial charge < -0.3 is 4.42 Å². The third-order valence-corrected chi connectivity index (χ3v) is 5.26. The second-order valence-electron chi connectivity index (χ2n) is 8.64. The van der Waals surface area contributed by atoms with Crippen molar-refractivity contribution in [3.05, 3.63) is 83.4 Å². The maximum Gasteiger partial charge on any atom is 0.248 e. The predicted octanol–water partition coefficient (Wildman–Crippen LogP) is 6.98. The van der Waals surface area contributed by atoms with Crippen molar-refractivity contribution in [2.24, 2.45) is 0 Å². The molecule has 1 heterocycles. The zero-order chi connectivity index (χ0) is 20.6. The molecule has 3 aromatic carbocycles. The van der Waals surface area contributed by atoms with Gasteiger partial charge in [-0.1, -0.05) is 68.8 Å². The van der Waals surface area contributed by atoms with Crippen molar-refractivity contribution in [3.8, 4) is 34.0 Å². The van der Waals surface area contributed by atoms with E-state index in [1.807, 2.05) is 24.3 Å². The highest BCUT2D eigenvalue weighted by atomic mass is 16.4. The molecular formula is C26H26N2O. The summed E-state index contributed by atoms with van der Waals surface area (Å²) in [5.41, 5.74) is 8.22. The lowest BCUT2D eigenvalue weighted by atomic mass is 9.87. The second-order valence-corrected chi connectivity index (χ2v) is 8.64. The molecule has 0 aliphatic carbocycles. The quantitative estimate of drug-likeness (QED) is 0.383. The van der Waals surface area contributed by atoms with Gasteiger partial charge in [0, 0.05) is 11.1 Å². The van der Waals surface area contributed by atoms with Crippen molar-refractivity contribution in [1.29, 1.82) is 0 Å². The molecule has 0 radical (unpaired) electrons. The smallest absolute Gasteiger partial charge is 0.248 e. The first-order valence-electron chi connectivity index (χ1n) is 9.94. The molecule has 3 nitrogen and oxygen atoms in total. The molecule has 146 valence electrons. The first-order valence-corrected chi connectivity index (χ1v) is 9.94. The third kappa shape index (κ3) is 4.00. The molecule has 0 amide bonds. The monoisotopic (exact) mass is 382 g/mol. The van der Waals surface area contributed by atoms with Crippen molar-refractivity contribution in [2.75, 3.05) is 0 Å². The van der Waals surface area contributed by atoms with Gasteiger partial charge >= 0.3 is 0 Å². The molecule has 1 aromatic heterocycles. The summed E-state index contributed by atoms with van der Waals surface area (Å²) in [6.45, 7) is 10.9. The van der Waals surface area contributed by atoms with Gasteiger partial charge in [-0.3, -0.25) is 0 Å². The van der Waals surface area contributed by atoms with Crippen molar-refractivity contribution in [3.63, 3.8) is 0 Å². The Morgan fingerprint density at radius 3 is 1.72 bits per heavy atom. The highest BCUT2D eigenvalue weighted by Gasteiger charge is 2.15. The number of aryl methyl sites for hydroxylation is 2. The summed E-state index contributed by atoms with van der Waals surface area (Å²) in [4.78, 5) is 0. The van der Waals surface area contributed by atoms with Gasteiger partial charge in [0.25, 0.3) is 0 Å². The Kier molecular flexibility index (Phi) is 4.83. The maximum atomic E-state index is 5.95. The molecule has 29 heavy (non-hydrogen) atoms. The topological polar surface area (TPSA) is 38.9 Å². The van der Waals surface area contributed by atoms with Gasteiger partial charge in [-0.2, -0.15) is 0 Å². The lowest BCUT2D eigenvalue weighted by Crippen LogP contribution is -2.10. The lowest BCUT2D eigenvalue weighted by Gasteiger charge is -2.18. The summed E-state index contributed by atoms with van der Waals surface area (Å²) >= 11 is 0. The minimum absolute atomic E-state index is 0.121. The Labute approximate surface area is 172 Å². The molecule has 0 saturated carbocycles. The van der Waals surface area contributed by atoms with Gasteiger partial charge in [-0.05, 0) is 65.8 Å². The highest BCUT2D eigenvalue weighted by Crippen LogP contribution is 2.30. The van der Waals surface area contributed by atoms with Crippen molar-refractivity contribution >= 4 is 0 Å². The molecule has 0 fully saturated rings. The SMILES string of the molecule is Cc1ccc(C)c(-c2ccc(-c3nnc(-c4ccc(C(C)(C)C)cc4)o3)cc2)c1. The number of hydrogen-bond acceptors (Lipinski definition) is 3.